The summed E-state index contributed by atoms with van der Waals surface area (Å²) in [5, 5.41) is 1.79. The molecule has 6 nitrogen and oxygen atoms in total. The van der Waals surface area contributed by atoms with Crippen molar-refractivity contribution < 1.29 is 30.7 Å². The molecular formula is C28H22ClF3N2O4S2. The van der Waals surface area contributed by atoms with E-state index in [1.54, 1.807) is 6.07 Å². The summed E-state index contributed by atoms with van der Waals surface area (Å²) < 4.78 is 81.9. The third kappa shape index (κ3) is 5.03. The Bertz CT molecular complexity index is 1850. The summed E-state index contributed by atoms with van der Waals surface area (Å²) in [5.74, 6) is -0.422. The van der Waals surface area contributed by atoms with Crippen LogP contribution in [-0.2, 0) is 16.2 Å². The number of alkyl halides is 3. The SMILES string of the molecule is CN1CCC(Oc2cc(NS(=O)(=O)c3cc(-c4cccc5c4oc4ccccc45)c(Cl)s3)ccc2C(F)(F)F)C1. The fourth-order valence-corrected chi connectivity index (χ4v) is 7.72. The zero-order valence-electron chi connectivity index (χ0n) is 21.0. The molecule has 1 N–H and O–H groups in total. The summed E-state index contributed by atoms with van der Waals surface area (Å²) in [6.45, 7) is 1.17. The van der Waals surface area contributed by atoms with E-state index in [2.05, 4.69) is 4.72 Å². The largest absolute Gasteiger partial charge is 0.488 e. The molecule has 6 rings (SSSR count). The van der Waals surface area contributed by atoms with Gasteiger partial charge in [0.15, 0.2) is 0 Å². The number of halogens is 4. The van der Waals surface area contributed by atoms with Crippen LogP contribution in [0.15, 0.2) is 75.4 Å². The molecule has 2 aromatic heterocycles. The van der Waals surface area contributed by atoms with Crippen LogP contribution in [0.4, 0.5) is 18.9 Å². The maximum absolute atomic E-state index is 13.7. The lowest BCUT2D eigenvalue weighted by Crippen LogP contribution is -2.23. The Labute approximate surface area is 237 Å². The van der Waals surface area contributed by atoms with E-state index < -0.39 is 33.6 Å². The molecule has 5 aromatic rings. The number of nitrogens with one attached hydrogen (secondary N) is 1. The number of thiophene rings is 1. The Kier molecular flexibility index (Phi) is 6.73. The van der Waals surface area contributed by atoms with Crippen LogP contribution in [0, 0.1) is 0 Å². The van der Waals surface area contributed by atoms with Gasteiger partial charge in [0.25, 0.3) is 10.0 Å². The molecule has 0 spiro atoms. The second-order valence-corrected chi connectivity index (χ2v) is 13.2. The van der Waals surface area contributed by atoms with Crippen molar-refractivity contribution in [3.63, 3.8) is 0 Å². The Balaban J connectivity index is 1.33. The molecule has 1 unspecified atom stereocenters. The van der Waals surface area contributed by atoms with Crippen LogP contribution in [0.1, 0.15) is 12.0 Å². The van der Waals surface area contributed by atoms with E-state index in [0.717, 1.165) is 40.3 Å². The van der Waals surface area contributed by atoms with Crippen LogP contribution in [0.5, 0.6) is 5.75 Å². The number of ether oxygens (including phenoxy) is 1. The molecule has 0 amide bonds. The molecule has 208 valence electrons. The second-order valence-electron chi connectivity index (χ2n) is 9.64. The highest BCUT2D eigenvalue weighted by Gasteiger charge is 2.36. The molecule has 1 aliphatic rings. The summed E-state index contributed by atoms with van der Waals surface area (Å²) in [7, 11) is -2.34. The molecular weight excluding hydrogens is 585 g/mol. The van der Waals surface area contributed by atoms with Crippen LogP contribution in [0.25, 0.3) is 33.1 Å². The van der Waals surface area contributed by atoms with Gasteiger partial charge in [-0.25, -0.2) is 8.42 Å². The Hall–Kier alpha value is -3.25. The highest BCUT2D eigenvalue weighted by Crippen LogP contribution is 2.44. The number of hydrogen-bond acceptors (Lipinski definition) is 6. The fraction of sp³-hybridized carbons (Fsp3) is 0.214. The van der Waals surface area contributed by atoms with Gasteiger partial charge in [-0.1, -0.05) is 48.0 Å². The average Bonchev–Trinajstić information content (AvgIpc) is 3.59. The van der Waals surface area contributed by atoms with Crippen molar-refractivity contribution in [2.45, 2.75) is 22.9 Å². The second kappa shape index (κ2) is 9.99. The minimum atomic E-state index is -4.66. The van der Waals surface area contributed by atoms with Crippen molar-refractivity contribution in [2.24, 2.45) is 0 Å². The van der Waals surface area contributed by atoms with Crippen LogP contribution in [-0.4, -0.2) is 39.6 Å². The van der Waals surface area contributed by atoms with Crippen LogP contribution in [0.3, 0.4) is 0 Å². The fourth-order valence-electron chi connectivity index (χ4n) is 4.92. The van der Waals surface area contributed by atoms with Crippen molar-refractivity contribution in [1.29, 1.82) is 0 Å². The lowest BCUT2D eigenvalue weighted by molar-refractivity contribution is -0.139. The van der Waals surface area contributed by atoms with Gasteiger partial charge in [-0.05, 0) is 37.7 Å². The zero-order chi connectivity index (χ0) is 28.2. The Morgan fingerprint density at radius 3 is 2.58 bits per heavy atom. The number of para-hydroxylation sites is 2. The highest BCUT2D eigenvalue weighted by atomic mass is 35.5. The number of furan rings is 1. The van der Waals surface area contributed by atoms with E-state index in [1.807, 2.05) is 48.3 Å². The predicted molar refractivity (Wildman–Crippen MR) is 151 cm³/mol. The van der Waals surface area contributed by atoms with E-state index >= 15 is 0 Å². The van der Waals surface area contributed by atoms with Crippen LogP contribution < -0.4 is 9.46 Å². The van der Waals surface area contributed by atoms with Gasteiger partial charge in [0.2, 0.25) is 0 Å². The van der Waals surface area contributed by atoms with E-state index in [-0.39, 0.29) is 14.2 Å². The standard InChI is InChI=1S/C28H22ClF3N2O4S2/c1-34-12-11-17(15-34)37-24-13-16(9-10-22(24)28(30,31)32)33-40(35,36)25-14-21(27(29)39-25)20-7-4-6-19-18-5-2-3-8-23(18)38-26(19)20/h2-10,13-14,17,33H,11-12,15H2,1H3. The number of fused-ring (bicyclic) bond motifs is 3. The van der Waals surface area contributed by atoms with Crippen molar-refractivity contribution >= 4 is 60.6 Å². The van der Waals surface area contributed by atoms with E-state index in [9.17, 15) is 21.6 Å². The molecule has 0 aliphatic carbocycles. The summed E-state index contributed by atoms with van der Waals surface area (Å²) in [4.78, 5) is 1.95. The van der Waals surface area contributed by atoms with Gasteiger partial charge in [0, 0.05) is 41.1 Å². The minimum Gasteiger partial charge on any atom is -0.488 e. The third-order valence-corrected chi connectivity index (χ3v) is 10.0. The van der Waals surface area contributed by atoms with Crippen molar-refractivity contribution in [1.82, 2.24) is 4.90 Å². The number of sulfonamides is 1. The number of likely N-dealkylation sites (tertiary alicyclic amines) is 1. The van der Waals surface area contributed by atoms with Crippen LogP contribution in [0.2, 0.25) is 4.34 Å². The lowest BCUT2D eigenvalue weighted by Gasteiger charge is -2.19. The summed E-state index contributed by atoms with van der Waals surface area (Å²) >= 11 is 7.37. The normalized spacial score (nSPS) is 16.7. The molecule has 40 heavy (non-hydrogen) atoms. The first-order chi connectivity index (χ1) is 19.0. The average molecular weight is 607 g/mol. The molecule has 12 heteroatoms. The molecule has 1 atom stereocenters. The van der Waals surface area contributed by atoms with Crippen molar-refractivity contribution in [2.75, 3.05) is 24.9 Å². The monoisotopic (exact) mass is 606 g/mol. The number of hydrogen-bond donors (Lipinski definition) is 1. The number of likely N-dealkylation sites (N-methyl/N-ethyl adjacent to an activating group) is 1. The molecule has 1 aliphatic heterocycles. The van der Waals surface area contributed by atoms with Gasteiger partial charge in [0.05, 0.1) is 11.3 Å². The first-order valence-electron chi connectivity index (χ1n) is 12.3. The number of anilines is 1. The van der Waals surface area contributed by atoms with Crippen molar-refractivity contribution in [3.05, 3.63) is 76.6 Å². The molecule has 0 radical (unpaired) electrons. The number of nitrogens with zero attached hydrogens (tertiary/aromatic N) is 1. The van der Waals surface area contributed by atoms with Gasteiger partial charge in [-0.3, -0.25) is 4.72 Å². The minimum absolute atomic E-state index is 0.0557. The Morgan fingerprint density at radius 1 is 1.05 bits per heavy atom. The van der Waals surface area contributed by atoms with Crippen LogP contribution >= 0.6 is 22.9 Å². The van der Waals surface area contributed by atoms with Crippen molar-refractivity contribution in [3.8, 4) is 16.9 Å². The first-order valence-corrected chi connectivity index (χ1v) is 15.0. The summed E-state index contributed by atoms with van der Waals surface area (Å²) in [6.07, 6.45) is -4.53. The number of rotatable bonds is 6. The van der Waals surface area contributed by atoms with E-state index in [4.69, 9.17) is 20.8 Å². The zero-order valence-corrected chi connectivity index (χ0v) is 23.3. The maximum atomic E-state index is 13.7. The molecule has 3 heterocycles. The van der Waals surface area contributed by atoms with Gasteiger partial charge in [-0.2, -0.15) is 13.2 Å². The Morgan fingerprint density at radius 2 is 1.82 bits per heavy atom. The summed E-state index contributed by atoms with van der Waals surface area (Å²) in [6, 6.07) is 17.5. The molecule has 1 saturated heterocycles. The van der Waals surface area contributed by atoms with E-state index in [1.165, 1.54) is 6.07 Å². The van der Waals surface area contributed by atoms with Gasteiger partial charge in [0.1, 0.15) is 31.6 Å². The topological polar surface area (TPSA) is 71.8 Å². The quantitative estimate of drug-likeness (QED) is 0.213. The maximum Gasteiger partial charge on any atom is 0.419 e. The lowest BCUT2D eigenvalue weighted by atomic mass is 10.1. The number of benzene rings is 3. The molecule has 0 saturated carbocycles. The summed E-state index contributed by atoms with van der Waals surface area (Å²) in [5.41, 5.74) is 1.34. The predicted octanol–water partition coefficient (Wildman–Crippen LogP) is 7.87. The molecule has 3 aromatic carbocycles. The van der Waals surface area contributed by atoms with Gasteiger partial charge < -0.3 is 14.1 Å². The molecule has 0 bridgehead atoms. The van der Waals surface area contributed by atoms with E-state index in [0.29, 0.717) is 41.8 Å². The third-order valence-electron chi connectivity index (χ3n) is 6.80. The first kappa shape index (κ1) is 26.9. The van der Waals surface area contributed by atoms with Gasteiger partial charge in [-0.15, -0.1) is 11.3 Å². The van der Waals surface area contributed by atoms with Gasteiger partial charge >= 0.3 is 6.18 Å². The smallest absolute Gasteiger partial charge is 0.419 e. The highest BCUT2D eigenvalue weighted by molar-refractivity contribution is 7.94. The molecule has 1 fully saturated rings.